The van der Waals surface area contributed by atoms with Crippen LogP contribution in [-0.4, -0.2) is 26.1 Å². The zero-order valence-electron chi connectivity index (χ0n) is 13.8. The minimum absolute atomic E-state index is 0.0105. The van der Waals surface area contributed by atoms with Crippen LogP contribution < -0.4 is 19.9 Å². The van der Waals surface area contributed by atoms with Gasteiger partial charge in [-0.3, -0.25) is 4.79 Å². The number of halogens is 1. The van der Waals surface area contributed by atoms with E-state index in [0.29, 0.717) is 10.3 Å². The molecule has 0 aliphatic rings. The van der Waals surface area contributed by atoms with Crippen molar-refractivity contribution in [1.82, 2.24) is 0 Å². The number of nitrogens with one attached hydrogen (secondary N) is 1. The summed E-state index contributed by atoms with van der Waals surface area (Å²) in [6, 6.07) is 8.31. The van der Waals surface area contributed by atoms with Crippen LogP contribution in [0.1, 0.15) is 20.0 Å². The number of anilines is 1. The fraction of sp³-hybridized carbons (Fsp3) is 0.111. The number of benzene rings is 2. The van der Waals surface area contributed by atoms with Crippen LogP contribution in [0.15, 0.2) is 36.4 Å². The molecule has 6 nitrogen and oxygen atoms in total. The van der Waals surface area contributed by atoms with Crippen LogP contribution in [0.4, 0.5) is 10.1 Å². The Morgan fingerprint density at radius 3 is 2.42 bits per heavy atom. The number of thiophene rings is 1. The van der Waals surface area contributed by atoms with Gasteiger partial charge < -0.3 is 24.7 Å². The molecule has 2 aromatic carbocycles. The summed E-state index contributed by atoms with van der Waals surface area (Å²) in [4.78, 5) is 24.2. The summed E-state index contributed by atoms with van der Waals surface area (Å²) in [5, 5.41) is 14.5. The van der Waals surface area contributed by atoms with E-state index in [9.17, 15) is 19.1 Å². The number of carboxylic acid groups (broad SMARTS) is 1. The zero-order chi connectivity index (χ0) is 18.8. The number of hydrogen-bond acceptors (Lipinski definition) is 6. The third kappa shape index (κ3) is 3.31. The van der Waals surface area contributed by atoms with Gasteiger partial charge in [0.1, 0.15) is 5.82 Å². The van der Waals surface area contributed by atoms with E-state index in [-0.39, 0.29) is 22.7 Å². The van der Waals surface area contributed by atoms with Crippen molar-refractivity contribution < 1.29 is 28.6 Å². The highest BCUT2D eigenvalue weighted by molar-refractivity contribution is 7.20. The average Bonchev–Trinajstić information content (AvgIpc) is 3.04. The van der Waals surface area contributed by atoms with E-state index in [0.717, 1.165) is 4.70 Å². The Kier molecular flexibility index (Phi) is 4.77. The highest BCUT2D eigenvalue weighted by Gasteiger charge is 2.17. The van der Waals surface area contributed by atoms with Crippen LogP contribution in [0.3, 0.4) is 0 Å². The lowest BCUT2D eigenvalue weighted by molar-refractivity contribution is -0.254. The number of aromatic carboxylic acids is 1. The lowest BCUT2D eigenvalue weighted by atomic mass is 10.1. The van der Waals surface area contributed by atoms with Crippen molar-refractivity contribution in [3.63, 3.8) is 0 Å². The maximum absolute atomic E-state index is 13.3. The number of methoxy groups -OCH3 is 2. The van der Waals surface area contributed by atoms with Gasteiger partial charge in [-0.2, -0.15) is 0 Å². The van der Waals surface area contributed by atoms with Crippen molar-refractivity contribution in [2.24, 2.45) is 0 Å². The van der Waals surface area contributed by atoms with Crippen LogP contribution in [0, 0.1) is 5.82 Å². The van der Waals surface area contributed by atoms with Crippen molar-refractivity contribution in [2.75, 3.05) is 19.5 Å². The first kappa shape index (κ1) is 17.7. The van der Waals surface area contributed by atoms with Crippen LogP contribution in [0.5, 0.6) is 11.5 Å². The Hall–Kier alpha value is -3.13. The highest BCUT2D eigenvalue weighted by atomic mass is 32.1. The summed E-state index contributed by atoms with van der Waals surface area (Å²) in [5.74, 6) is -1.95. The van der Waals surface area contributed by atoms with Crippen molar-refractivity contribution >= 4 is 39.0 Å². The molecule has 0 bridgehead atoms. The molecule has 1 amide bonds. The fourth-order valence-corrected chi connectivity index (χ4v) is 3.40. The second-order valence-electron chi connectivity index (χ2n) is 5.29. The number of carboxylic acids is 1. The van der Waals surface area contributed by atoms with Crippen LogP contribution in [0.25, 0.3) is 10.1 Å². The molecule has 0 saturated heterocycles. The number of fused-ring (bicyclic) bond motifs is 1. The summed E-state index contributed by atoms with van der Waals surface area (Å²) in [5.41, 5.74) is -0.237. The first-order valence-electron chi connectivity index (χ1n) is 7.40. The Bertz CT molecular complexity index is 1010. The predicted molar refractivity (Wildman–Crippen MR) is 93.6 cm³/mol. The van der Waals surface area contributed by atoms with Crippen LogP contribution in [-0.2, 0) is 0 Å². The van der Waals surface area contributed by atoms with E-state index < -0.39 is 17.7 Å². The van der Waals surface area contributed by atoms with Crippen molar-refractivity contribution in [3.8, 4) is 11.5 Å². The monoisotopic (exact) mass is 374 g/mol. The summed E-state index contributed by atoms with van der Waals surface area (Å²) in [6.45, 7) is 0. The third-order valence-electron chi connectivity index (χ3n) is 3.69. The number of carbonyl (C=O) groups is 2. The molecule has 0 spiro atoms. The highest BCUT2D eigenvalue weighted by Crippen LogP contribution is 2.34. The molecule has 0 radical (unpaired) electrons. The topological polar surface area (TPSA) is 87.7 Å². The maximum Gasteiger partial charge on any atom is 0.265 e. The van der Waals surface area contributed by atoms with Gasteiger partial charge in [0.2, 0.25) is 0 Å². The summed E-state index contributed by atoms with van der Waals surface area (Å²) >= 11 is 1.17. The first-order chi connectivity index (χ1) is 12.4. The lowest BCUT2D eigenvalue weighted by Crippen LogP contribution is -2.25. The normalized spacial score (nSPS) is 10.6. The largest absolute Gasteiger partial charge is 0.545 e. The van der Waals surface area contributed by atoms with Gasteiger partial charge in [0.25, 0.3) is 5.91 Å². The fourth-order valence-electron chi connectivity index (χ4n) is 2.46. The van der Waals surface area contributed by atoms with E-state index in [1.807, 2.05) is 0 Å². The molecular formula is C18H13FNO5S-. The predicted octanol–water partition coefficient (Wildman–Crippen LogP) is 2.67. The molecule has 3 aromatic rings. The van der Waals surface area contributed by atoms with Gasteiger partial charge in [0, 0.05) is 16.3 Å². The molecule has 0 saturated carbocycles. The van der Waals surface area contributed by atoms with Gasteiger partial charge in [-0.15, -0.1) is 11.3 Å². The quantitative estimate of drug-likeness (QED) is 0.742. The molecule has 1 aromatic heterocycles. The summed E-state index contributed by atoms with van der Waals surface area (Å²) in [6.07, 6.45) is 0. The Balaban J connectivity index is 1.98. The maximum atomic E-state index is 13.3. The molecule has 0 atom stereocenters. The Morgan fingerprint density at radius 2 is 1.77 bits per heavy atom. The smallest absolute Gasteiger partial charge is 0.265 e. The van der Waals surface area contributed by atoms with Gasteiger partial charge in [-0.05, 0) is 35.7 Å². The molecule has 0 fully saturated rings. The van der Waals surface area contributed by atoms with Gasteiger partial charge in [0.15, 0.2) is 11.5 Å². The molecule has 0 unspecified atom stereocenters. The minimum atomic E-state index is -1.47. The molecule has 1 N–H and O–H groups in total. The zero-order valence-corrected chi connectivity index (χ0v) is 14.6. The van der Waals surface area contributed by atoms with Crippen molar-refractivity contribution in [2.45, 2.75) is 0 Å². The van der Waals surface area contributed by atoms with Gasteiger partial charge in [0.05, 0.1) is 30.8 Å². The molecule has 3 rings (SSSR count). The lowest BCUT2D eigenvalue weighted by Gasteiger charge is -2.16. The van der Waals surface area contributed by atoms with E-state index >= 15 is 0 Å². The van der Waals surface area contributed by atoms with E-state index in [4.69, 9.17) is 9.47 Å². The third-order valence-corrected chi connectivity index (χ3v) is 4.81. The summed E-state index contributed by atoms with van der Waals surface area (Å²) < 4.78 is 24.2. The Morgan fingerprint density at radius 1 is 1.08 bits per heavy atom. The van der Waals surface area contributed by atoms with Crippen molar-refractivity contribution in [1.29, 1.82) is 0 Å². The van der Waals surface area contributed by atoms with Crippen LogP contribution >= 0.6 is 11.3 Å². The molecule has 0 aliphatic heterocycles. The molecular weight excluding hydrogens is 361 g/mol. The molecule has 8 heteroatoms. The van der Waals surface area contributed by atoms with E-state index in [1.165, 1.54) is 55.9 Å². The standard InChI is InChI=1S/C18H14FNO5S/c1-24-13-7-11(18(22)23)12(8-14(13)25-2)20-17(21)16-6-9-5-10(19)3-4-15(9)26-16/h3-8H,1-2H3,(H,20,21)(H,22,23)/p-1. The number of rotatable bonds is 5. The first-order valence-corrected chi connectivity index (χ1v) is 8.22. The number of hydrogen-bond donors (Lipinski definition) is 1. The van der Waals surface area contributed by atoms with Crippen LogP contribution in [0.2, 0.25) is 0 Å². The number of amides is 1. The summed E-state index contributed by atoms with van der Waals surface area (Å²) in [7, 11) is 2.76. The van der Waals surface area contributed by atoms with Gasteiger partial charge in [-0.1, -0.05) is 0 Å². The number of ether oxygens (including phenoxy) is 2. The second-order valence-corrected chi connectivity index (χ2v) is 6.37. The van der Waals surface area contributed by atoms with Gasteiger partial charge in [-0.25, -0.2) is 4.39 Å². The molecule has 0 aliphatic carbocycles. The SMILES string of the molecule is COc1cc(NC(=O)c2cc3cc(F)ccc3s2)c(C(=O)[O-])cc1OC. The van der Waals surface area contributed by atoms with E-state index in [2.05, 4.69) is 5.32 Å². The minimum Gasteiger partial charge on any atom is -0.545 e. The van der Waals surface area contributed by atoms with Gasteiger partial charge >= 0.3 is 0 Å². The second kappa shape index (κ2) is 7.01. The molecule has 1 heterocycles. The van der Waals surface area contributed by atoms with E-state index in [1.54, 1.807) is 6.07 Å². The molecule has 134 valence electrons. The Labute approximate surface area is 151 Å². The number of carbonyl (C=O) groups excluding carboxylic acids is 2. The average molecular weight is 374 g/mol. The molecule has 26 heavy (non-hydrogen) atoms. The van der Waals surface area contributed by atoms with Crippen molar-refractivity contribution in [3.05, 3.63) is 52.7 Å².